The van der Waals surface area contributed by atoms with Gasteiger partial charge in [0.1, 0.15) is 4.88 Å². The molecule has 4 heteroatoms. The number of hydrogen-bond donors (Lipinski definition) is 1. The predicted octanol–water partition coefficient (Wildman–Crippen LogP) is 1.90. The monoisotopic (exact) mass is 185 g/mol. The van der Waals surface area contributed by atoms with Crippen LogP contribution < -0.4 is 4.90 Å². The summed E-state index contributed by atoms with van der Waals surface area (Å²) in [6.07, 6.45) is 0. The minimum Gasteiger partial charge on any atom is -0.477 e. The molecule has 0 aliphatic rings. The minimum atomic E-state index is -0.851. The van der Waals surface area contributed by atoms with Gasteiger partial charge >= 0.3 is 5.97 Å². The molecular formula is C8H11NO2S. The molecule has 0 aromatic carbocycles. The fourth-order valence-electron chi connectivity index (χ4n) is 0.804. The van der Waals surface area contributed by atoms with Crippen molar-refractivity contribution in [3.8, 4) is 0 Å². The third-order valence-electron chi connectivity index (χ3n) is 1.65. The highest BCUT2D eigenvalue weighted by Gasteiger charge is 2.08. The zero-order chi connectivity index (χ0) is 9.14. The maximum Gasteiger partial charge on any atom is 0.345 e. The fourth-order valence-corrected chi connectivity index (χ4v) is 1.67. The van der Waals surface area contributed by atoms with Gasteiger partial charge in [-0.25, -0.2) is 4.79 Å². The van der Waals surface area contributed by atoms with Gasteiger partial charge in [-0.05, 0) is 19.1 Å². The van der Waals surface area contributed by atoms with Crippen LogP contribution in [0.4, 0.5) is 5.00 Å². The summed E-state index contributed by atoms with van der Waals surface area (Å²) in [6.45, 7) is 2.92. The van der Waals surface area contributed by atoms with Gasteiger partial charge in [-0.1, -0.05) is 0 Å². The smallest absolute Gasteiger partial charge is 0.345 e. The maximum atomic E-state index is 10.5. The molecule has 0 saturated heterocycles. The zero-order valence-corrected chi connectivity index (χ0v) is 7.89. The molecule has 0 radical (unpaired) electrons. The Morgan fingerprint density at radius 3 is 2.75 bits per heavy atom. The van der Waals surface area contributed by atoms with Crippen LogP contribution in [0.2, 0.25) is 0 Å². The van der Waals surface area contributed by atoms with Gasteiger partial charge < -0.3 is 10.0 Å². The number of carboxylic acids is 1. The lowest BCUT2D eigenvalue weighted by Gasteiger charge is -2.12. The fraction of sp³-hybridized carbons (Fsp3) is 0.375. The Labute approximate surface area is 75.2 Å². The van der Waals surface area contributed by atoms with Crippen LogP contribution in [0.25, 0.3) is 0 Å². The molecule has 66 valence electrons. The van der Waals surface area contributed by atoms with E-state index >= 15 is 0 Å². The highest BCUT2D eigenvalue weighted by atomic mass is 32.1. The van der Waals surface area contributed by atoms with Gasteiger partial charge in [-0.3, -0.25) is 0 Å². The van der Waals surface area contributed by atoms with Gasteiger partial charge in [0.05, 0.1) is 5.00 Å². The summed E-state index contributed by atoms with van der Waals surface area (Å²) >= 11 is 1.30. The largest absolute Gasteiger partial charge is 0.477 e. The van der Waals surface area contributed by atoms with Crippen molar-refractivity contribution >= 4 is 22.3 Å². The Morgan fingerprint density at radius 1 is 1.67 bits per heavy atom. The summed E-state index contributed by atoms with van der Waals surface area (Å²) in [5.74, 6) is -0.851. The van der Waals surface area contributed by atoms with E-state index in [0.717, 1.165) is 11.5 Å². The van der Waals surface area contributed by atoms with Gasteiger partial charge in [0, 0.05) is 13.6 Å². The van der Waals surface area contributed by atoms with Crippen LogP contribution >= 0.6 is 11.3 Å². The van der Waals surface area contributed by atoms with Crippen LogP contribution in [0.3, 0.4) is 0 Å². The minimum absolute atomic E-state index is 0.394. The second-order valence-electron chi connectivity index (χ2n) is 2.46. The molecule has 1 heterocycles. The summed E-state index contributed by atoms with van der Waals surface area (Å²) in [5, 5.41) is 9.64. The van der Waals surface area contributed by atoms with Gasteiger partial charge in [0.15, 0.2) is 0 Å². The second kappa shape index (κ2) is 3.58. The molecule has 1 aromatic heterocycles. The first kappa shape index (κ1) is 9.06. The molecule has 0 unspecified atom stereocenters. The first-order valence-corrected chi connectivity index (χ1v) is 4.51. The molecule has 0 fully saturated rings. The van der Waals surface area contributed by atoms with E-state index in [1.54, 1.807) is 6.07 Å². The van der Waals surface area contributed by atoms with Crippen LogP contribution in [-0.4, -0.2) is 24.7 Å². The summed E-state index contributed by atoms with van der Waals surface area (Å²) in [6, 6.07) is 3.46. The van der Waals surface area contributed by atoms with E-state index in [1.807, 2.05) is 24.9 Å². The van der Waals surface area contributed by atoms with E-state index in [-0.39, 0.29) is 0 Å². The zero-order valence-electron chi connectivity index (χ0n) is 7.07. The number of aromatic carboxylic acids is 1. The summed E-state index contributed by atoms with van der Waals surface area (Å²) in [5.41, 5.74) is 0. The average molecular weight is 185 g/mol. The third-order valence-corrected chi connectivity index (χ3v) is 2.84. The molecule has 1 N–H and O–H groups in total. The number of nitrogens with zero attached hydrogens (tertiary/aromatic N) is 1. The molecule has 0 spiro atoms. The topological polar surface area (TPSA) is 40.5 Å². The molecule has 0 amide bonds. The quantitative estimate of drug-likeness (QED) is 0.782. The Balaban J connectivity index is 2.84. The van der Waals surface area contributed by atoms with Crippen molar-refractivity contribution in [2.45, 2.75) is 6.92 Å². The van der Waals surface area contributed by atoms with Crippen LogP contribution in [-0.2, 0) is 0 Å². The van der Waals surface area contributed by atoms with Crippen molar-refractivity contribution in [2.24, 2.45) is 0 Å². The highest BCUT2D eigenvalue weighted by molar-refractivity contribution is 7.17. The average Bonchev–Trinajstić information content (AvgIpc) is 2.51. The van der Waals surface area contributed by atoms with Gasteiger partial charge in [-0.2, -0.15) is 0 Å². The Hall–Kier alpha value is -1.03. The summed E-state index contributed by atoms with van der Waals surface area (Å²) in [4.78, 5) is 12.9. The van der Waals surface area contributed by atoms with Crippen molar-refractivity contribution in [1.82, 2.24) is 0 Å². The lowest BCUT2D eigenvalue weighted by Crippen LogP contribution is -2.13. The maximum absolute atomic E-state index is 10.5. The third kappa shape index (κ3) is 1.76. The van der Waals surface area contributed by atoms with Gasteiger partial charge in [0.2, 0.25) is 0 Å². The van der Waals surface area contributed by atoms with Crippen molar-refractivity contribution in [2.75, 3.05) is 18.5 Å². The molecule has 0 saturated carbocycles. The predicted molar refractivity (Wildman–Crippen MR) is 50.2 cm³/mol. The van der Waals surface area contributed by atoms with Gasteiger partial charge in [0.25, 0.3) is 0 Å². The van der Waals surface area contributed by atoms with E-state index in [4.69, 9.17) is 5.11 Å². The standard InChI is InChI=1S/C8H11NO2S/c1-3-9(2)7-5-4-6(12-7)8(10)11/h4-5H,3H2,1-2H3,(H,10,11). The second-order valence-corrected chi connectivity index (χ2v) is 3.52. The first-order valence-electron chi connectivity index (χ1n) is 3.69. The molecule has 0 aliphatic heterocycles. The van der Waals surface area contributed by atoms with Crippen LogP contribution in [0.1, 0.15) is 16.6 Å². The summed E-state index contributed by atoms with van der Waals surface area (Å²) < 4.78 is 0. The van der Waals surface area contributed by atoms with E-state index in [1.165, 1.54) is 11.3 Å². The number of rotatable bonds is 3. The van der Waals surface area contributed by atoms with Crippen molar-refractivity contribution in [1.29, 1.82) is 0 Å². The highest BCUT2D eigenvalue weighted by Crippen LogP contribution is 2.24. The molecule has 0 atom stereocenters. The van der Waals surface area contributed by atoms with E-state index in [0.29, 0.717) is 4.88 Å². The summed E-state index contributed by atoms with van der Waals surface area (Å²) in [7, 11) is 1.94. The molecule has 3 nitrogen and oxygen atoms in total. The molecular weight excluding hydrogens is 174 g/mol. The Bertz CT molecular complexity index is 282. The Kier molecular flexibility index (Phi) is 2.70. The van der Waals surface area contributed by atoms with E-state index < -0.39 is 5.97 Å². The normalized spacial score (nSPS) is 9.83. The van der Waals surface area contributed by atoms with Gasteiger partial charge in [-0.15, -0.1) is 11.3 Å². The lowest BCUT2D eigenvalue weighted by atomic mass is 10.4. The van der Waals surface area contributed by atoms with Crippen LogP contribution in [0.5, 0.6) is 0 Å². The van der Waals surface area contributed by atoms with E-state index in [9.17, 15) is 4.79 Å². The molecule has 1 aromatic rings. The molecule has 12 heavy (non-hydrogen) atoms. The molecule has 0 bridgehead atoms. The van der Waals surface area contributed by atoms with E-state index in [2.05, 4.69) is 0 Å². The number of hydrogen-bond acceptors (Lipinski definition) is 3. The van der Waals surface area contributed by atoms with Crippen LogP contribution in [0, 0.1) is 0 Å². The number of thiophene rings is 1. The van der Waals surface area contributed by atoms with Crippen molar-refractivity contribution in [3.63, 3.8) is 0 Å². The number of carbonyl (C=O) groups is 1. The molecule has 0 aliphatic carbocycles. The SMILES string of the molecule is CCN(C)c1ccc(C(=O)O)s1. The number of anilines is 1. The van der Waals surface area contributed by atoms with Crippen molar-refractivity contribution in [3.05, 3.63) is 17.0 Å². The molecule has 1 rings (SSSR count). The van der Waals surface area contributed by atoms with Crippen molar-refractivity contribution < 1.29 is 9.90 Å². The number of carboxylic acid groups (broad SMARTS) is 1. The lowest BCUT2D eigenvalue weighted by molar-refractivity contribution is 0.0702. The first-order chi connectivity index (χ1) is 5.65. The Morgan fingerprint density at radius 2 is 2.33 bits per heavy atom. The van der Waals surface area contributed by atoms with Crippen LogP contribution in [0.15, 0.2) is 12.1 Å².